The van der Waals surface area contributed by atoms with Crippen LogP contribution in [0.5, 0.6) is 5.75 Å². The minimum absolute atomic E-state index is 0.0186. The van der Waals surface area contributed by atoms with Crippen LogP contribution in [-0.2, 0) is 22.6 Å². The number of aromatic nitrogens is 2. The Balaban J connectivity index is 1.62. The molecular formula is C18H17ClN2O5. The maximum absolute atomic E-state index is 12.1. The van der Waals surface area contributed by atoms with E-state index in [0.29, 0.717) is 28.0 Å². The van der Waals surface area contributed by atoms with Crippen molar-refractivity contribution < 1.29 is 23.1 Å². The third-order valence-corrected chi connectivity index (χ3v) is 3.91. The zero-order valence-electron chi connectivity index (χ0n) is 14.5. The summed E-state index contributed by atoms with van der Waals surface area (Å²) in [5, 5.41) is 8.36. The summed E-state index contributed by atoms with van der Waals surface area (Å²) < 4.78 is 21.4. The number of carbonyl (C=O) groups is 1. The molecule has 136 valence electrons. The summed E-state index contributed by atoms with van der Waals surface area (Å²) in [6, 6.07) is 6.86. The van der Waals surface area contributed by atoms with Gasteiger partial charge in [-0.2, -0.15) is 0 Å². The number of halogens is 1. The molecule has 0 aliphatic rings. The van der Waals surface area contributed by atoms with Gasteiger partial charge in [0.05, 0.1) is 19.1 Å². The van der Waals surface area contributed by atoms with Crippen LogP contribution in [0.15, 0.2) is 33.1 Å². The topological polar surface area (TPSA) is 87.6 Å². The first kappa shape index (κ1) is 18.0. The Hall–Kier alpha value is -2.80. The number of nitrogens with zero attached hydrogens (tertiary/aromatic N) is 2. The third-order valence-electron chi connectivity index (χ3n) is 3.67. The summed E-state index contributed by atoms with van der Waals surface area (Å²) in [5.74, 6) is 2.06. The number of aryl methyl sites for hydroxylation is 2. The van der Waals surface area contributed by atoms with Crippen molar-refractivity contribution in [2.75, 3.05) is 7.11 Å². The Morgan fingerprint density at radius 2 is 2.00 bits per heavy atom. The Morgan fingerprint density at radius 1 is 1.19 bits per heavy atom. The average Bonchev–Trinajstić information content (AvgIpc) is 3.19. The molecule has 2 heterocycles. The van der Waals surface area contributed by atoms with Crippen LogP contribution in [0.3, 0.4) is 0 Å². The van der Waals surface area contributed by atoms with E-state index in [1.54, 1.807) is 18.2 Å². The number of hydrogen-bond donors (Lipinski definition) is 0. The molecule has 26 heavy (non-hydrogen) atoms. The molecular weight excluding hydrogens is 360 g/mol. The van der Waals surface area contributed by atoms with Gasteiger partial charge < -0.3 is 18.3 Å². The SMILES string of the molecule is COc1ccc(Cl)cc1CC(=O)OCc1nnc(-c2cc(C)oc2C)o1. The van der Waals surface area contributed by atoms with Crippen LogP contribution in [0.2, 0.25) is 5.02 Å². The quantitative estimate of drug-likeness (QED) is 0.603. The Bertz CT molecular complexity index is 932. The average molecular weight is 377 g/mol. The molecule has 0 saturated carbocycles. The van der Waals surface area contributed by atoms with Gasteiger partial charge in [-0.3, -0.25) is 4.79 Å². The largest absolute Gasteiger partial charge is 0.496 e. The van der Waals surface area contributed by atoms with Gasteiger partial charge >= 0.3 is 5.97 Å². The monoisotopic (exact) mass is 376 g/mol. The molecule has 0 aliphatic carbocycles. The lowest BCUT2D eigenvalue weighted by Gasteiger charge is -2.08. The number of hydrogen-bond acceptors (Lipinski definition) is 7. The predicted molar refractivity (Wildman–Crippen MR) is 93.0 cm³/mol. The Kier molecular flexibility index (Phi) is 5.27. The van der Waals surface area contributed by atoms with E-state index in [-0.39, 0.29) is 18.9 Å². The van der Waals surface area contributed by atoms with Crippen molar-refractivity contribution in [3.8, 4) is 17.2 Å². The number of carbonyl (C=O) groups excluding carboxylic acids is 1. The van der Waals surface area contributed by atoms with Gasteiger partial charge in [-0.15, -0.1) is 10.2 Å². The minimum Gasteiger partial charge on any atom is -0.496 e. The van der Waals surface area contributed by atoms with Gasteiger partial charge in [0.25, 0.3) is 11.8 Å². The van der Waals surface area contributed by atoms with E-state index in [2.05, 4.69) is 10.2 Å². The maximum atomic E-state index is 12.1. The molecule has 0 saturated heterocycles. The second-order valence-corrected chi connectivity index (χ2v) is 6.06. The first-order chi connectivity index (χ1) is 12.5. The lowest BCUT2D eigenvalue weighted by atomic mass is 10.1. The highest BCUT2D eigenvalue weighted by Crippen LogP contribution is 2.26. The molecule has 0 bridgehead atoms. The maximum Gasteiger partial charge on any atom is 0.310 e. The predicted octanol–water partition coefficient (Wildman–Crippen LogP) is 3.89. The van der Waals surface area contributed by atoms with Crippen molar-refractivity contribution >= 4 is 17.6 Å². The number of benzene rings is 1. The second-order valence-electron chi connectivity index (χ2n) is 5.62. The number of furan rings is 1. The van der Waals surface area contributed by atoms with E-state index in [9.17, 15) is 4.79 Å². The van der Waals surface area contributed by atoms with E-state index in [4.69, 9.17) is 29.9 Å². The molecule has 3 aromatic rings. The minimum atomic E-state index is -0.458. The molecule has 0 N–H and O–H groups in total. The molecule has 0 aliphatic heterocycles. The summed E-state index contributed by atoms with van der Waals surface area (Å²) in [5.41, 5.74) is 1.36. The normalized spacial score (nSPS) is 10.8. The molecule has 1 aromatic carbocycles. The molecule has 0 radical (unpaired) electrons. The highest BCUT2D eigenvalue weighted by atomic mass is 35.5. The first-order valence-electron chi connectivity index (χ1n) is 7.84. The van der Waals surface area contributed by atoms with Crippen molar-refractivity contribution in [1.82, 2.24) is 10.2 Å². The fourth-order valence-electron chi connectivity index (χ4n) is 2.50. The van der Waals surface area contributed by atoms with Crippen LogP contribution in [0.4, 0.5) is 0 Å². The van der Waals surface area contributed by atoms with Crippen molar-refractivity contribution in [2.24, 2.45) is 0 Å². The molecule has 2 aromatic heterocycles. The van der Waals surface area contributed by atoms with Crippen molar-refractivity contribution in [3.05, 3.63) is 52.3 Å². The third kappa shape index (κ3) is 4.05. The van der Waals surface area contributed by atoms with Gasteiger partial charge in [-0.05, 0) is 38.1 Å². The summed E-state index contributed by atoms with van der Waals surface area (Å²) >= 11 is 5.96. The molecule has 7 nitrogen and oxygen atoms in total. The fraction of sp³-hybridized carbons (Fsp3) is 0.278. The zero-order chi connectivity index (χ0) is 18.7. The molecule has 0 unspecified atom stereocenters. The van der Waals surface area contributed by atoms with E-state index < -0.39 is 5.97 Å². The van der Waals surface area contributed by atoms with Crippen LogP contribution >= 0.6 is 11.6 Å². The van der Waals surface area contributed by atoms with Gasteiger partial charge in [-0.1, -0.05) is 11.6 Å². The lowest BCUT2D eigenvalue weighted by molar-refractivity contribution is -0.144. The van der Waals surface area contributed by atoms with E-state index in [0.717, 1.165) is 11.3 Å². The van der Waals surface area contributed by atoms with Gasteiger partial charge in [0.1, 0.15) is 17.3 Å². The van der Waals surface area contributed by atoms with E-state index in [1.807, 2.05) is 19.9 Å². The summed E-state index contributed by atoms with van der Waals surface area (Å²) in [6.07, 6.45) is 0.0186. The summed E-state index contributed by atoms with van der Waals surface area (Å²) in [6.45, 7) is 3.52. The Labute approximate surface area is 154 Å². The molecule has 0 fully saturated rings. The van der Waals surface area contributed by atoms with Crippen molar-refractivity contribution in [3.63, 3.8) is 0 Å². The summed E-state index contributed by atoms with van der Waals surface area (Å²) in [7, 11) is 1.53. The number of methoxy groups -OCH3 is 1. The van der Waals surface area contributed by atoms with Gasteiger partial charge in [-0.25, -0.2) is 0 Å². The second kappa shape index (κ2) is 7.61. The van der Waals surface area contributed by atoms with Gasteiger partial charge in [0, 0.05) is 10.6 Å². The number of ether oxygens (including phenoxy) is 2. The van der Waals surface area contributed by atoms with E-state index in [1.165, 1.54) is 7.11 Å². The fourth-order valence-corrected chi connectivity index (χ4v) is 2.69. The molecule has 0 spiro atoms. The summed E-state index contributed by atoms with van der Waals surface area (Å²) in [4.78, 5) is 12.1. The number of rotatable bonds is 6. The van der Waals surface area contributed by atoms with Gasteiger partial charge in [0.2, 0.25) is 0 Å². The molecule has 3 rings (SSSR count). The van der Waals surface area contributed by atoms with Crippen molar-refractivity contribution in [2.45, 2.75) is 26.9 Å². The van der Waals surface area contributed by atoms with Crippen LogP contribution in [0.1, 0.15) is 23.0 Å². The van der Waals surface area contributed by atoms with Crippen LogP contribution in [-0.4, -0.2) is 23.3 Å². The smallest absolute Gasteiger partial charge is 0.310 e. The van der Waals surface area contributed by atoms with Crippen LogP contribution in [0.25, 0.3) is 11.5 Å². The highest BCUT2D eigenvalue weighted by molar-refractivity contribution is 6.30. The molecule has 8 heteroatoms. The van der Waals surface area contributed by atoms with Crippen LogP contribution < -0.4 is 4.74 Å². The first-order valence-corrected chi connectivity index (χ1v) is 8.22. The van der Waals surface area contributed by atoms with Crippen LogP contribution in [0, 0.1) is 13.8 Å². The molecule has 0 atom stereocenters. The van der Waals surface area contributed by atoms with Crippen molar-refractivity contribution in [1.29, 1.82) is 0 Å². The molecule has 0 amide bonds. The zero-order valence-corrected chi connectivity index (χ0v) is 15.3. The van der Waals surface area contributed by atoms with E-state index >= 15 is 0 Å². The standard InChI is InChI=1S/C18H17ClN2O5/c1-10-6-14(11(2)25-10)18-21-20-16(26-18)9-24-17(22)8-12-7-13(19)4-5-15(12)23-3/h4-7H,8-9H2,1-3H3. The van der Waals surface area contributed by atoms with Gasteiger partial charge in [0.15, 0.2) is 6.61 Å². The lowest BCUT2D eigenvalue weighted by Crippen LogP contribution is -2.09. The highest BCUT2D eigenvalue weighted by Gasteiger charge is 2.16. The Morgan fingerprint density at radius 3 is 2.69 bits per heavy atom. The number of esters is 1.